The Morgan fingerprint density at radius 2 is 1.68 bits per heavy atom. The highest BCUT2D eigenvalue weighted by atomic mass is 19.1. The molecule has 10 nitrogen and oxygen atoms in total. The first-order valence-electron chi connectivity index (χ1n) is 11.4. The van der Waals surface area contributed by atoms with Crippen LogP contribution in [0.1, 0.15) is 21.5 Å². The van der Waals surface area contributed by atoms with E-state index in [1.807, 2.05) is 4.90 Å². The Kier molecular flexibility index (Phi) is 7.94. The molecule has 2 N–H and O–H groups in total. The molecule has 0 radical (unpaired) electrons. The number of aromatic nitrogens is 2. The zero-order chi connectivity index (χ0) is 26.4. The van der Waals surface area contributed by atoms with Gasteiger partial charge in [0.1, 0.15) is 5.82 Å². The Bertz CT molecular complexity index is 1310. The molecular weight excluding hydrogens is 481 g/mol. The van der Waals surface area contributed by atoms with Gasteiger partial charge in [0.2, 0.25) is 5.95 Å². The molecule has 1 aliphatic rings. The van der Waals surface area contributed by atoms with Crippen LogP contribution in [0.4, 0.5) is 10.3 Å². The maximum atomic E-state index is 14.1. The van der Waals surface area contributed by atoms with Gasteiger partial charge in [-0.25, -0.2) is 19.8 Å². The van der Waals surface area contributed by atoms with Gasteiger partial charge in [0, 0.05) is 44.1 Å². The quantitative estimate of drug-likeness (QED) is 0.217. The van der Waals surface area contributed by atoms with E-state index in [2.05, 4.69) is 9.97 Å². The van der Waals surface area contributed by atoms with Crippen LogP contribution in [0.5, 0.6) is 11.5 Å². The molecule has 1 aliphatic heterocycles. The van der Waals surface area contributed by atoms with Crippen molar-refractivity contribution in [3.8, 4) is 11.5 Å². The van der Waals surface area contributed by atoms with Crippen molar-refractivity contribution in [2.45, 2.75) is 0 Å². The highest BCUT2D eigenvalue weighted by Crippen LogP contribution is 2.30. The van der Waals surface area contributed by atoms with Crippen molar-refractivity contribution in [3.63, 3.8) is 0 Å². The molecule has 37 heavy (non-hydrogen) atoms. The lowest BCUT2D eigenvalue weighted by Gasteiger charge is -2.35. The van der Waals surface area contributed by atoms with Gasteiger partial charge in [-0.1, -0.05) is 18.2 Å². The SMILES string of the molecule is COc1ccc(/C=C(/C(=O)N2CCN(c3ncc(C(=O)NO)cn3)CC2)c2cccc(F)c2)cc1OC. The molecule has 0 aliphatic carbocycles. The first-order valence-corrected chi connectivity index (χ1v) is 11.4. The van der Waals surface area contributed by atoms with Crippen LogP contribution in [0.15, 0.2) is 54.9 Å². The van der Waals surface area contributed by atoms with Crippen molar-refractivity contribution in [1.82, 2.24) is 20.3 Å². The van der Waals surface area contributed by atoms with Crippen molar-refractivity contribution in [3.05, 3.63) is 77.4 Å². The predicted molar refractivity (Wildman–Crippen MR) is 134 cm³/mol. The van der Waals surface area contributed by atoms with Crippen LogP contribution in [0.3, 0.4) is 0 Å². The Labute approximate surface area is 212 Å². The number of hydrogen-bond acceptors (Lipinski definition) is 8. The highest BCUT2D eigenvalue weighted by molar-refractivity contribution is 6.24. The molecule has 2 heterocycles. The number of piperazine rings is 1. The molecule has 0 unspecified atom stereocenters. The van der Waals surface area contributed by atoms with Crippen molar-refractivity contribution in [2.24, 2.45) is 0 Å². The number of ether oxygens (including phenoxy) is 2. The summed E-state index contributed by atoms with van der Waals surface area (Å²) in [6, 6.07) is 11.2. The van der Waals surface area contributed by atoms with E-state index in [0.717, 1.165) is 0 Å². The summed E-state index contributed by atoms with van der Waals surface area (Å²) >= 11 is 0. The topological polar surface area (TPSA) is 117 Å². The second kappa shape index (κ2) is 11.5. The number of carbonyl (C=O) groups excluding carboxylic acids is 2. The van der Waals surface area contributed by atoms with Gasteiger partial charge in [-0.15, -0.1) is 0 Å². The van der Waals surface area contributed by atoms with Crippen LogP contribution in [-0.4, -0.2) is 72.3 Å². The summed E-state index contributed by atoms with van der Waals surface area (Å²) in [6.07, 6.45) is 4.35. The van der Waals surface area contributed by atoms with E-state index in [0.29, 0.717) is 60.3 Å². The van der Waals surface area contributed by atoms with Gasteiger partial charge in [-0.05, 0) is 41.5 Å². The van der Waals surface area contributed by atoms with Crippen LogP contribution in [0.25, 0.3) is 11.6 Å². The molecule has 11 heteroatoms. The molecule has 2 aromatic carbocycles. The van der Waals surface area contributed by atoms with Crippen LogP contribution >= 0.6 is 0 Å². The number of nitrogens with one attached hydrogen (secondary N) is 1. The highest BCUT2D eigenvalue weighted by Gasteiger charge is 2.26. The molecule has 4 rings (SSSR count). The number of anilines is 1. The van der Waals surface area contributed by atoms with Crippen molar-refractivity contribution in [2.75, 3.05) is 45.3 Å². The number of hydrogen-bond donors (Lipinski definition) is 2. The summed E-state index contributed by atoms with van der Waals surface area (Å²) < 4.78 is 24.8. The van der Waals surface area contributed by atoms with E-state index in [1.54, 1.807) is 48.4 Å². The van der Waals surface area contributed by atoms with Crippen LogP contribution < -0.4 is 19.9 Å². The average Bonchev–Trinajstić information content (AvgIpc) is 2.95. The van der Waals surface area contributed by atoms with Crippen LogP contribution in [0, 0.1) is 5.82 Å². The number of methoxy groups -OCH3 is 2. The molecule has 2 amide bonds. The summed E-state index contributed by atoms with van der Waals surface area (Å²) in [5.41, 5.74) is 3.16. The summed E-state index contributed by atoms with van der Waals surface area (Å²) in [4.78, 5) is 37.1. The second-order valence-electron chi connectivity index (χ2n) is 8.17. The van der Waals surface area contributed by atoms with Gasteiger partial charge in [-0.2, -0.15) is 0 Å². The Hall–Kier alpha value is -4.51. The summed E-state index contributed by atoms with van der Waals surface area (Å²) in [5.74, 6) is 0.0979. The van der Waals surface area contributed by atoms with Crippen molar-refractivity contribution >= 4 is 29.4 Å². The van der Waals surface area contributed by atoms with E-state index in [9.17, 15) is 14.0 Å². The van der Waals surface area contributed by atoms with Gasteiger partial charge in [0.15, 0.2) is 11.5 Å². The minimum absolute atomic E-state index is 0.125. The van der Waals surface area contributed by atoms with E-state index in [1.165, 1.54) is 37.1 Å². The predicted octanol–water partition coefficient (Wildman–Crippen LogP) is 2.64. The lowest BCUT2D eigenvalue weighted by Crippen LogP contribution is -2.49. The Balaban J connectivity index is 1.55. The molecule has 1 fully saturated rings. The zero-order valence-corrected chi connectivity index (χ0v) is 20.3. The van der Waals surface area contributed by atoms with Crippen molar-refractivity contribution < 1.29 is 28.7 Å². The number of benzene rings is 2. The summed E-state index contributed by atoms with van der Waals surface area (Å²) in [5, 5.41) is 8.73. The Morgan fingerprint density at radius 3 is 2.30 bits per heavy atom. The van der Waals surface area contributed by atoms with Gasteiger partial charge < -0.3 is 19.3 Å². The van der Waals surface area contributed by atoms with E-state index in [-0.39, 0.29) is 11.5 Å². The van der Waals surface area contributed by atoms with Gasteiger partial charge in [0.05, 0.1) is 19.8 Å². The lowest BCUT2D eigenvalue weighted by molar-refractivity contribution is -0.125. The monoisotopic (exact) mass is 507 g/mol. The molecule has 192 valence electrons. The molecule has 1 saturated heterocycles. The maximum Gasteiger partial charge on any atom is 0.277 e. The maximum absolute atomic E-state index is 14.1. The third-order valence-corrected chi connectivity index (χ3v) is 5.94. The normalized spacial score (nSPS) is 13.8. The van der Waals surface area contributed by atoms with Crippen LogP contribution in [0.2, 0.25) is 0 Å². The molecular formula is C26H26FN5O5. The zero-order valence-electron chi connectivity index (χ0n) is 20.3. The van der Waals surface area contributed by atoms with Gasteiger partial charge in [0.25, 0.3) is 11.8 Å². The molecule has 3 aromatic rings. The molecule has 0 atom stereocenters. The number of hydroxylamine groups is 1. The number of halogens is 1. The van der Waals surface area contributed by atoms with Gasteiger partial charge in [-0.3, -0.25) is 14.8 Å². The average molecular weight is 508 g/mol. The summed E-state index contributed by atoms with van der Waals surface area (Å²) in [6.45, 7) is 1.70. The summed E-state index contributed by atoms with van der Waals surface area (Å²) in [7, 11) is 3.07. The van der Waals surface area contributed by atoms with E-state index >= 15 is 0 Å². The molecule has 0 saturated carbocycles. The number of carbonyl (C=O) groups is 2. The van der Waals surface area contributed by atoms with Gasteiger partial charge >= 0.3 is 0 Å². The standard InChI is InChI=1S/C26H26FN5O5/c1-36-22-7-6-17(13-23(22)37-2)12-21(18-4-3-5-20(27)14-18)25(34)31-8-10-32(11-9-31)26-28-15-19(16-29-26)24(33)30-35/h3-7,12-16,35H,8-11H2,1-2H3,(H,30,33)/b21-12+. The third kappa shape index (κ3) is 5.84. The molecule has 1 aromatic heterocycles. The second-order valence-corrected chi connectivity index (χ2v) is 8.17. The first kappa shape index (κ1) is 25.6. The van der Waals surface area contributed by atoms with E-state index < -0.39 is 11.7 Å². The smallest absolute Gasteiger partial charge is 0.277 e. The fourth-order valence-electron chi connectivity index (χ4n) is 3.98. The lowest BCUT2D eigenvalue weighted by atomic mass is 10.0. The largest absolute Gasteiger partial charge is 0.493 e. The fraction of sp³-hybridized carbons (Fsp3) is 0.231. The number of amides is 2. The molecule has 0 bridgehead atoms. The minimum Gasteiger partial charge on any atom is -0.493 e. The first-order chi connectivity index (χ1) is 17.9. The van der Waals surface area contributed by atoms with E-state index in [4.69, 9.17) is 14.7 Å². The third-order valence-electron chi connectivity index (χ3n) is 5.94. The van der Waals surface area contributed by atoms with Crippen LogP contribution in [-0.2, 0) is 4.79 Å². The number of nitrogens with zero attached hydrogens (tertiary/aromatic N) is 4. The minimum atomic E-state index is -0.701. The molecule has 0 spiro atoms. The Morgan fingerprint density at radius 1 is 0.973 bits per heavy atom. The van der Waals surface area contributed by atoms with Crippen molar-refractivity contribution in [1.29, 1.82) is 0 Å². The number of rotatable bonds is 7. The fourth-order valence-corrected chi connectivity index (χ4v) is 3.98.